The van der Waals surface area contributed by atoms with Crippen molar-refractivity contribution in [2.75, 3.05) is 18.4 Å². The Morgan fingerprint density at radius 2 is 1.73 bits per heavy atom. The summed E-state index contributed by atoms with van der Waals surface area (Å²) >= 11 is 0. The number of hydrogen-bond acceptors (Lipinski definition) is 2. The summed E-state index contributed by atoms with van der Waals surface area (Å²) in [6, 6.07) is 11.0. The molecule has 1 heterocycles. The highest BCUT2D eigenvalue weighted by molar-refractivity contribution is 5.94. The van der Waals surface area contributed by atoms with Crippen LogP contribution in [0.4, 0.5) is 14.5 Å². The van der Waals surface area contributed by atoms with Crippen molar-refractivity contribution in [1.29, 1.82) is 0 Å². The number of fused-ring (bicyclic) bond motifs is 1. The van der Waals surface area contributed by atoms with Gasteiger partial charge in [-0.15, -0.1) is 0 Å². The fourth-order valence-electron chi connectivity index (χ4n) is 3.47. The van der Waals surface area contributed by atoms with Crippen LogP contribution in [0, 0.1) is 11.6 Å². The number of benzene rings is 2. The van der Waals surface area contributed by atoms with Gasteiger partial charge >= 0.3 is 0 Å². The van der Waals surface area contributed by atoms with E-state index < -0.39 is 11.6 Å². The molecule has 0 saturated carbocycles. The molecule has 2 amide bonds. The van der Waals surface area contributed by atoms with E-state index in [0.29, 0.717) is 18.8 Å². The number of carbonyl (C=O) groups excluding carboxylic acids is 2. The Morgan fingerprint density at radius 3 is 2.40 bits per heavy atom. The van der Waals surface area contributed by atoms with Gasteiger partial charge in [-0.05, 0) is 56.7 Å². The minimum atomic E-state index is -0.648. The zero-order valence-electron chi connectivity index (χ0n) is 17.1. The maximum Gasteiger partial charge on any atom is 0.242 e. The van der Waals surface area contributed by atoms with Gasteiger partial charge in [-0.25, -0.2) is 8.78 Å². The van der Waals surface area contributed by atoms with E-state index in [0.717, 1.165) is 10.9 Å². The van der Waals surface area contributed by atoms with Crippen molar-refractivity contribution in [2.45, 2.75) is 33.2 Å². The molecule has 0 saturated heterocycles. The number of aromatic nitrogens is 1. The molecule has 2 aromatic carbocycles. The number of anilines is 1. The highest BCUT2D eigenvalue weighted by Gasteiger charge is 2.13. The van der Waals surface area contributed by atoms with Crippen molar-refractivity contribution in [3.05, 3.63) is 65.9 Å². The first-order valence-electron chi connectivity index (χ1n) is 10.0. The molecule has 0 bridgehead atoms. The van der Waals surface area contributed by atoms with Crippen molar-refractivity contribution in [3.63, 3.8) is 0 Å². The van der Waals surface area contributed by atoms with E-state index in [2.05, 4.69) is 5.32 Å². The number of amides is 2. The fraction of sp³-hybridized carbons (Fsp3) is 0.304. The van der Waals surface area contributed by atoms with Crippen LogP contribution < -0.4 is 5.32 Å². The monoisotopic (exact) mass is 413 g/mol. The third-order valence-electron chi connectivity index (χ3n) is 5.14. The number of likely N-dealkylation sites (N-methyl/N-ethyl adjacent to an activating group) is 1. The molecule has 0 spiro atoms. The predicted molar refractivity (Wildman–Crippen MR) is 113 cm³/mol. The number of nitrogens with zero attached hydrogens (tertiary/aromatic N) is 2. The third kappa shape index (κ3) is 4.84. The van der Waals surface area contributed by atoms with Crippen molar-refractivity contribution in [1.82, 2.24) is 9.47 Å². The van der Waals surface area contributed by atoms with Crippen molar-refractivity contribution >= 4 is 28.4 Å². The first-order chi connectivity index (χ1) is 14.4. The van der Waals surface area contributed by atoms with Gasteiger partial charge in [0.05, 0.1) is 0 Å². The minimum absolute atomic E-state index is 0.0174. The molecule has 0 aliphatic rings. The van der Waals surface area contributed by atoms with Gasteiger partial charge in [0.1, 0.15) is 18.2 Å². The molecule has 158 valence electrons. The Hall–Kier alpha value is -3.22. The highest BCUT2D eigenvalue weighted by atomic mass is 19.1. The molecule has 1 N–H and O–H groups in total. The standard InChI is InChI=1S/C23H25F2N3O2/c1-3-27(4-2)23(30)15-28-13-12-16-14-17(8-10-21(16)28)26-22(29)11-9-18-19(24)6-5-7-20(18)25/h5-8,10,12-14H,3-4,9,11,15H2,1-2H3,(H,26,29). The zero-order chi connectivity index (χ0) is 21.7. The summed E-state index contributed by atoms with van der Waals surface area (Å²) < 4.78 is 29.3. The van der Waals surface area contributed by atoms with Crippen LogP contribution >= 0.6 is 0 Å². The summed E-state index contributed by atoms with van der Waals surface area (Å²) in [6.07, 6.45) is 1.80. The van der Waals surface area contributed by atoms with Crippen LogP contribution in [0.5, 0.6) is 0 Å². The molecule has 7 heteroatoms. The lowest BCUT2D eigenvalue weighted by Gasteiger charge is -2.19. The zero-order valence-corrected chi connectivity index (χ0v) is 17.1. The van der Waals surface area contributed by atoms with Crippen LogP contribution in [0.2, 0.25) is 0 Å². The fourth-order valence-corrected chi connectivity index (χ4v) is 3.47. The number of halogens is 2. The molecular weight excluding hydrogens is 388 g/mol. The maximum atomic E-state index is 13.7. The average Bonchev–Trinajstić information content (AvgIpc) is 3.10. The van der Waals surface area contributed by atoms with Crippen molar-refractivity contribution in [2.24, 2.45) is 0 Å². The van der Waals surface area contributed by atoms with Crippen LogP contribution in [0.1, 0.15) is 25.8 Å². The van der Waals surface area contributed by atoms with Gasteiger partial charge in [-0.3, -0.25) is 9.59 Å². The van der Waals surface area contributed by atoms with Gasteiger partial charge in [-0.2, -0.15) is 0 Å². The number of nitrogens with one attached hydrogen (secondary N) is 1. The van der Waals surface area contributed by atoms with Gasteiger partial charge < -0.3 is 14.8 Å². The normalized spacial score (nSPS) is 10.9. The van der Waals surface area contributed by atoms with E-state index in [1.807, 2.05) is 42.8 Å². The third-order valence-corrected chi connectivity index (χ3v) is 5.14. The largest absolute Gasteiger partial charge is 0.342 e. The topological polar surface area (TPSA) is 54.3 Å². The van der Waals surface area contributed by atoms with Gasteiger partial charge in [0.15, 0.2) is 0 Å². The molecule has 0 aliphatic heterocycles. The van der Waals surface area contributed by atoms with Crippen LogP contribution in [0.3, 0.4) is 0 Å². The average molecular weight is 413 g/mol. The van der Waals surface area contributed by atoms with E-state index in [9.17, 15) is 18.4 Å². The molecule has 0 radical (unpaired) electrons. The SMILES string of the molecule is CCN(CC)C(=O)Cn1ccc2cc(NC(=O)CCc3c(F)cccc3F)ccc21. The Balaban J connectivity index is 1.65. The summed E-state index contributed by atoms with van der Waals surface area (Å²) in [6.45, 7) is 5.49. The predicted octanol–water partition coefficient (Wildman–Crippen LogP) is 4.36. The Bertz CT molecular complexity index is 1040. The van der Waals surface area contributed by atoms with Gasteiger partial charge in [0, 0.05) is 47.9 Å². The van der Waals surface area contributed by atoms with E-state index in [-0.39, 0.29) is 36.8 Å². The quantitative estimate of drug-likeness (QED) is 0.597. The van der Waals surface area contributed by atoms with E-state index in [1.54, 1.807) is 11.0 Å². The van der Waals surface area contributed by atoms with Gasteiger partial charge in [0.25, 0.3) is 0 Å². The Kier molecular flexibility index (Phi) is 6.82. The summed E-state index contributed by atoms with van der Waals surface area (Å²) in [7, 11) is 0. The first-order valence-corrected chi connectivity index (χ1v) is 10.0. The molecule has 0 atom stereocenters. The summed E-state index contributed by atoms with van der Waals surface area (Å²) in [5, 5.41) is 3.65. The highest BCUT2D eigenvalue weighted by Crippen LogP contribution is 2.21. The first kappa shape index (κ1) is 21.5. The number of rotatable bonds is 8. The number of carbonyl (C=O) groups is 2. The summed E-state index contributed by atoms with van der Waals surface area (Å²) in [4.78, 5) is 26.4. The van der Waals surface area contributed by atoms with E-state index in [1.165, 1.54) is 18.2 Å². The molecule has 30 heavy (non-hydrogen) atoms. The molecule has 3 aromatic rings. The Morgan fingerprint density at radius 1 is 1.03 bits per heavy atom. The molecule has 0 unspecified atom stereocenters. The second kappa shape index (κ2) is 9.52. The van der Waals surface area contributed by atoms with E-state index in [4.69, 9.17) is 0 Å². The minimum Gasteiger partial charge on any atom is -0.342 e. The van der Waals surface area contributed by atoms with E-state index >= 15 is 0 Å². The van der Waals surface area contributed by atoms with Crippen LogP contribution in [0.15, 0.2) is 48.7 Å². The molecule has 1 aromatic heterocycles. The number of hydrogen-bond donors (Lipinski definition) is 1. The second-order valence-corrected chi connectivity index (χ2v) is 7.03. The molecular formula is C23H25F2N3O2. The molecule has 0 aliphatic carbocycles. The summed E-state index contributed by atoms with van der Waals surface area (Å²) in [5.74, 6) is -1.57. The lowest BCUT2D eigenvalue weighted by molar-refractivity contribution is -0.131. The van der Waals surface area contributed by atoms with Gasteiger partial charge in [0.2, 0.25) is 11.8 Å². The van der Waals surface area contributed by atoms with Gasteiger partial charge in [-0.1, -0.05) is 6.07 Å². The van der Waals surface area contributed by atoms with Crippen LogP contribution in [-0.2, 0) is 22.6 Å². The summed E-state index contributed by atoms with van der Waals surface area (Å²) in [5.41, 5.74) is 1.40. The van der Waals surface area contributed by atoms with Crippen LogP contribution in [-0.4, -0.2) is 34.4 Å². The maximum absolute atomic E-state index is 13.7. The molecule has 0 fully saturated rings. The second-order valence-electron chi connectivity index (χ2n) is 7.03. The molecule has 5 nitrogen and oxygen atoms in total. The molecule has 3 rings (SSSR count). The lowest BCUT2D eigenvalue weighted by Crippen LogP contribution is -2.33. The van der Waals surface area contributed by atoms with Crippen LogP contribution in [0.25, 0.3) is 10.9 Å². The van der Waals surface area contributed by atoms with Crippen molar-refractivity contribution in [3.8, 4) is 0 Å². The Labute approximate surface area is 174 Å². The lowest BCUT2D eigenvalue weighted by atomic mass is 10.1. The van der Waals surface area contributed by atoms with Crippen molar-refractivity contribution < 1.29 is 18.4 Å². The smallest absolute Gasteiger partial charge is 0.242 e.